The molecule has 0 radical (unpaired) electrons. The van der Waals surface area contributed by atoms with Gasteiger partial charge in [-0.3, -0.25) is 14.8 Å². The van der Waals surface area contributed by atoms with E-state index >= 15 is 0 Å². The molecule has 2 aromatic rings. The van der Waals surface area contributed by atoms with Crippen molar-refractivity contribution in [2.24, 2.45) is 10.2 Å². The highest BCUT2D eigenvalue weighted by molar-refractivity contribution is 5.76. The van der Waals surface area contributed by atoms with Gasteiger partial charge in [0.05, 0.1) is 0 Å². The Labute approximate surface area is 146 Å². The van der Waals surface area contributed by atoms with Crippen molar-refractivity contribution in [3.05, 3.63) is 48.5 Å². The first kappa shape index (κ1) is 16.8. The lowest BCUT2D eigenvalue weighted by atomic mass is 10.0. The van der Waals surface area contributed by atoms with E-state index in [1.807, 2.05) is 18.2 Å². The van der Waals surface area contributed by atoms with Crippen molar-refractivity contribution in [1.82, 2.24) is 15.3 Å². The van der Waals surface area contributed by atoms with Gasteiger partial charge in [0.1, 0.15) is 0 Å². The molecule has 0 atom stereocenters. The van der Waals surface area contributed by atoms with E-state index < -0.39 is 5.66 Å². The molecule has 2 aromatic heterocycles. The number of nitrogens with zero attached hydrogens (tertiary/aromatic N) is 4. The molecule has 3 rings (SSSR count). The molecule has 0 aromatic carbocycles. The minimum absolute atomic E-state index is 0.0239. The number of rotatable bonds is 8. The van der Waals surface area contributed by atoms with Crippen LogP contribution < -0.4 is 5.32 Å². The topological polar surface area (TPSA) is 79.6 Å². The first-order valence-corrected chi connectivity index (χ1v) is 8.19. The normalized spacial score (nSPS) is 13.9. The molecule has 3 heterocycles. The summed E-state index contributed by atoms with van der Waals surface area (Å²) in [7, 11) is 0. The molecule has 1 N–H and O–H groups in total. The summed E-state index contributed by atoms with van der Waals surface area (Å²) in [6.07, 6.45) is 14.7. The molecule has 1 aliphatic rings. The highest BCUT2D eigenvalue weighted by atomic mass is 16.1. The third kappa shape index (κ3) is 4.70. The molecule has 25 heavy (non-hydrogen) atoms. The van der Waals surface area contributed by atoms with Gasteiger partial charge in [-0.2, -0.15) is 10.2 Å². The van der Waals surface area contributed by atoms with Crippen molar-refractivity contribution in [3.63, 3.8) is 0 Å². The van der Waals surface area contributed by atoms with Crippen LogP contribution in [0.4, 0.5) is 0 Å². The number of pyridine rings is 2. The smallest absolute Gasteiger partial charge is 0.220 e. The van der Waals surface area contributed by atoms with Crippen LogP contribution in [0.5, 0.6) is 0 Å². The zero-order valence-electron chi connectivity index (χ0n) is 13.9. The molecule has 6 nitrogen and oxygen atoms in total. The first-order chi connectivity index (χ1) is 12.2. The van der Waals surface area contributed by atoms with Crippen molar-refractivity contribution < 1.29 is 4.79 Å². The molecule has 1 amide bonds. The van der Waals surface area contributed by atoms with Gasteiger partial charge < -0.3 is 5.32 Å². The lowest BCUT2D eigenvalue weighted by Gasteiger charge is -2.10. The van der Waals surface area contributed by atoms with Crippen molar-refractivity contribution in [1.29, 1.82) is 0 Å². The number of nitrogens with one attached hydrogen (secondary N) is 1. The fourth-order valence-electron chi connectivity index (χ4n) is 2.55. The maximum Gasteiger partial charge on any atom is 0.220 e. The van der Waals surface area contributed by atoms with Crippen LogP contribution in [0.1, 0.15) is 31.2 Å². The van der Waals surface area contributed by atoms with E-state index in [0.717, 1.165) is 16.7 Å². The van der Waals surface area contributed by atoms with Gasteiger partial charge in [0.15, 0.2) is 5.66 Å². The Morgan fingerprint density at radius 2 is 2.00 bits per heavy atom. The number of hydrogen-bond donors (Lipinski definition) is 1. The van der Waals surface area contributed by atoms with Gasteiger partial charge in [-0.1, -0.05) is 6.07 Å². The highest BCUT2D eigenvalue weighted by Crippen LogP contribution is 2.37. The summed E-state index contributed by atoms with van der Waals surface area (Å²) in [5.74, 6) is 2.56. The second-order valence-corrected chi connectivity index (χ2v) is 5.99. The molecule has 0 saturated carbocycles. The van der Waals surface area contributed by atoms with E-state index in [0.29, 0.717) is 32.2 Å². The summed E-state index contributed by atoms with van der Waals surface area (Å²) in [6.45, 7) is 0.436. The van der Waals surface area contributed by atoms with E-state index in [1.165, 1.54) is 0 Å². The van der Waals surface area contributed by atoms with Gasteiger partial charge >= 0.3 is 0 Å². The summed E-state index contributed by atoms with van der Waals surface area (Å²) < 4.78 is 0. The summed E-state index contributed by atoms with van der Waals surface area (Å²) >= 11 is 0. The Balaban J connectivity index is 1.49. The summed E-state index contributed by atoms with van der Waals surface area (Å²) in [4.78, 5) is 20.4. The van der Waals surface area contributed by atoms with Crippen molar-refractivity contribution in [2.75, 3.05) is 0 Å². The van der Waals surface area contributed by atoms with Crippen LogP contribution in [-0.2, 0) is 11.3 Å². The van der Waals surface area contributed by atoms with Crippen molar-refractivity contribution in [3.8, 4) is 23.5 Å². The summed E-state index contributed by atoms with van der Waals surface area (Å²) in [5.41, 5.74) is 2.50. The lowest BCUT2D eigenvalue weighted by molar-refractivity contribution is -0.121. The Kier molecular flexibility index (Phi) is 5.14. The number of carbonyl (C=O) groups excluding carboxylic acids is 1. The zero-order valence-corrected chi connectivity index (χ0v) is 13.9. The minimum Gasteiger partial charge on any atom is -0.352 e. The molecule has 126 valence electrons. The van der Waals surface area contributed by atoms with Gasteiger partial charge in [0, 0.05) is 68.1 Å². The van der Waals surface area contributed by atoms with E-state index in [2.05, 4.69) is 31.4 Å². The van der Waals surface area contributed by atoms with Crippen LogP contribution in [0, 0.1) is 12.3 Å². The second-order valence-electron chi connectivity index (χ2n) is 5.99. The largest absolute Gasteiger partial charge is 0.352 e. The van der Waals surface area contributed by atoms with Crippen LogP contribution in [0.3, 0.4) is 0 Å². The number of hydrogen-bond acceptors (Lipinski definition) is 5. The van der Waals surface area contributed by atoms with Crippen LogP contribution in [0.2, 0.25) is 0 Å². The van der Waals surface area contributed by atoms with Gasteiger partial charge in [-0.25, -0.2) is 0 Å². The monoisotopic (exact) mass is 333 g/mol. The van der Waals surface area contributed by atoms with E-state index in [1.54, 1.807) is 24.8 Å². The molecular formula is C19H19N5O. The van der Waals surface area contributed by atoms with Gasteiger partial charge in [-0.05, 0) is 17.7 Å². The predicted octanol–water partition coefficient (Wildman–Crippen LogP) is 3.12. The van der Waals surface area contributed by atoms with Crippen molar-refractivity contribution in [2.45, 2.75) is 37.9 Å². The van der Waals surface area contributed by atoms with Crippen LogP contribution in [0.15, 0.2) is 53.2 Å². The average molecular weight is 333 g/mol. The Morgan fingerprint density at radius 1 is 1.16 bits per heavy atom. The number of terminal acetylenes is 1. The fourth-order valence-corrected chi connectivity index (χ4v) is 2.55. The van der Waals surface area contributed by atoms with Crippen molar-refractivity contribution >= 4 is 5.91 Å². The third-order valence-corrected chi connectivity index (χ3v) is 4.08. The fraction of sp³-hybridized carbons (Fsp3) is 0.316. The highest BCUT2D eigenvalue weighted by Gasteiger charge is 2.39. The Morgan fingerprint density at radius 3 is 2.72 bits per heavy atom. The molecule has 0 spiro atoms. The molecule has 0 aliphatic carbocycles. The SMILES string of the molecule is C#CCCC1(CCC(=O)NCc2cncc(-c3cccnc3)c2)N=N1. The summed E-state index contributed by atoms with van der Waals surface area (Å²) in [5, 5.41) is 11.0. The molecule has 0 fully saturated rings. The van der Waals surface area contributed by atoms with Gasteiger partial charge in [-0.15, -0.1) is 12.3 Å². The van der Waals surface area contributed by atoms with E-state index in [4.69, 9.17) is 6.42 Å². The zero-order chi connectivity index (χ0) is 17.5. The van der Waals surface area contributed by atoms with Crippen LogP contribution >= 0.6 is 0 Å². The van der Waals surface area contributed by atoms with Crippen LogP contribution in [0.25, 0.3) is 11.1 Å². The standard InChI is InChI=1S/C19H19N5O/c1-2-3-7-19(23-24-19)8-6-18(25)22-12-15-10-17(14-21-11-15)16-5-4-9-20-13-16/h1,4-5,9-11,13-14H,3,6-8,12H2,(H,22,25). The first-order valence-electron chi connectivity index (χ1n) is 8.19. The second kappa shape index (κ2) is 7.67. The summed E-state index contributed by atoms with van der Waals surface area (Å²) in [6, 6.07) is 5.86. The molecule has 6 heteroatoms. The van der Waals surface area contributed by atoms with E-state index in [-0.39, 0.29) is 5.91 Å². The Hall–Kier alpha value is -3.07. The number of aromatic nitrogens is 2. The molecule has 0 bridgehead atoms. The molecule has 1 aliphatic heterocycles. The maximum absolute atomic E-state index is 12.1. The third-order valence-electron chi connectivity index (χ3n) is 4.08. The maximum atomic E-state index is 12.1. The predicted molar refractivity (Wildman–Crippen MR) is 94.2 cm³/mol. The minimum atomic E-state index is -0.411. The average Bonchev–Trinajstić information content (AvgIpc) is 3.44. The van der Waals surface area contributed by atoms with Gasteiger partial charge in [0.25, 0.3) is 0 Å². The molecular weight excluding hydrogens is 314 g/mol. The van der Waals surface area contributed by atoms with E-state index in [9.17, 15) is 4.79 Å². The number of carbonyl (C=O) groups is 1. The lowest BCUT2D eigenvalue weighted by Crippen LogP contribution is -2.24. The Bertz CT molecular complexity index is 804. The number of amides is 1. The quantitative estimate of drug-likeness (QED) is 0.754. The molecule has 0 saturated heterocycles. The van der Waals surface area contributed by atoms with Crippen LogP contribution in [-0.4, -0.2) is 21.5 Å². The molecule has 0 unspecified atom stereocenters. The van der Waals surface area contributed by atoms with Gasteiger partial charge in [0.2, 0.25) is 5.91 Å².